The van der Waals surface area contributed by atoms with Crippen LogP contribution in [0, 0.1) is 56.7 Å². The molecule has 0 heterocycles. The standard InChI is InChI=1S/C20H29NO.C18H29NO.C17H27NO.2C14H29NO.C12H25NOS.C12H25NO.2CH4/c1-19(2,3)18(22)17(21-20(4,5)6)13-15-12-11-14-9-7-8-10-16(14)15;1-13-8-10-14(11-9-13)12-15(19-18(5,6)7)16(20)17(2,3)4;1-16(2,3)15(19)14(18-17(4,5)6)12-13-10-8-7-9-11-13;1-10(2)9-11(15-14(6,7)8)12(16)13(3,4)5;1-9-10(2)11(15-14(6,7)8)12(16)13(3,4)5;1-11(2,3)10(14)9(8-15-7)13-12(4,5)6;1-8-9(13-12(5,6)7)10(14)11(2,3)4;;/h7-10,12,17,21H,11,13H2,1-6H3;8-11,15,19H,12H2,1-7H3;7-11,14,18H,12H2,1-6H3;2*10-11,15H,9H2,1-8H3;9,13H,8H2,1-7H3;9,13H,8H2,1-7H3;2*1H4. The number of nitrogens with one attached hydrogen (secondary N) is 7. The molecule has 8 atom stereocenters. The fourth-order valence-electron chi connectivity index (χ4n) is 13.5. The van der Waals surface area contributed by atoms with E-state index in [1.807, 2.05) is 177 Å². The molecule has 3 aromatic carbocycles. The van der Waals surface area contributed by atoms with Gasteiger partial charge in [0.25, 0.3) is 0 Å². The lowest BCUT2D eigenvalue weighted by Crippen LogP contribution is -2.53. The average Bonchev–Trinajstić information content (AvgIpc) is 1.69. The number of hydrogen-bond acceptors (Lipinski definition) is 15. The Hall–Kier alpha value is -4.84. The summed E-state index contributed by atoms with van der Waals surface area (Å²) in [4.78, 5) is 87.0. The second kappa shape index (κ2) is 52.9. The van der Waals surface area contributed by atoms with E-state index in [0.29, 0.717) is 35.0 Å². The summed E-state index contributed by atoms with van der Waals surface area (Å²) >= 11 is 1.71. The molecule has 15 heteroatoms. The van der Waals surface area contributed by atoms with Gasteiger partial charge in [0.2, 0.25) is 0 Å². The monoisotopic (exact) mass is 1750 g/mol. The molecular weight excluding hydrogens is 1550 g/mol. The topological polar surface area (TPSA) is 204 Å². The molecule has 4 rings (SSSR count). The van der Waals surface area contributed by atoms with Crippen molar-refractivity contribution < 1.29 is 33.6 Å². The second-order valence-electron chi connectivity index (χ2n) is 49.4. The number of rotatable bonds is 27. The summed E-state index contributed by atoms with van der Waals surface area (Å²) in [6.45, 7) is 98.6. The minimum absolute atomic E-state index is 0. The van der Waals surface area contributed by atoms with Crippen LogP contribution >= 0.6 is 11.8 Å². The number of ketones is 7. The highest BCUT2D eigenvalue weighted by Crippen LogP contribution is 2.34. The Morgan fingerprint density at radius 1 is 0.323 bits per heavy atom. The maximum absolute atomic E-state index is 12.9. The van der Waals surface area contributed by atoms with Gasteiger partial charge in [-0.25, -0.2) is 0 Å². The van der Waals surface area contributed by atoms with Crippen LogP contribution in [0.25, 0.3) is 5.57 Å². The van der Waals surface area contributed by atoms with Crippen molar-refractivity contribution in [3.8, 4) is 0 Å². The Balaban J connectivity index is -0.000000446. The van der Waals surface area contributed by atoms with Gasteiger partial charge >= 0.3 is 0 Å². The first kappa shape index (κ1) is 128. The Kier molecular flexibility index (Phi) is 54.4. The molecule has 0 spiro atoms. The lowest BCUT2D eigenvalue weighted by Gasteiger charge is -2.35. The van der Waals surface area contributed by atoms with Gasteiger partial charge < -0.3 is 37.2 Å². The molecule has 0 aliphatic heterocycles. The van der Waals surface area contributed by atoms with E-state index in [1.54, 1.807) is 11.8 Å². The Morgan fingerprint density at radius 2 is 0.597 bits per heavy atom. The number of Topliss-reactive ketones (excluding diaryl/α,β-unsaturated/α-hetero) is 7. The molecule has 3 aromatic rings. The fourth-order valence-corrected chi connectivity index (χ4v) is 14.1. The zero-order valence-corrected chi connectivity index (χ0v) is 89.0. The highest BCUT2D eigenvalue weighted by Gasteiger charge is 2.40. The smallest absolute Gasteiger partial charge is 0.155 e. The highest BCUT2D eigenvalue weighted by molar-refractivity contribution is 7.98. The van der Waals surface area contributed by atoms with Crippen LogP contribution in [0.3, 0.4) is 0 Å². The second-order valence-corrected chi connectivity index (χ2v) is 50.3. The maximum atomic E-state index is 12.9. The molecule has 1 aliphatic rings. The van der Waals surface area contributed by atoms with E-state index in [1.165, 1.54) is 33.4 Å². The normalized spacial score (nSPS) is 15.1. The van der Waals surface area contributed by atoms with Crippen LogP contribution in [-0.2, 0) is 52.8 Å². The molecule has 0 aromatic heterocycles. The predicted molar refractivity (Wildman–Crippen MR) is 547 cm³/mol. The number of aryl methyl sites for hydroxylation is 1. The quantitative estimate of drug-likeness (QED) is 0.0379. The van der Waals surface area contributed by atoms with E-state index in [-0.39, 0.29) is 151 Å². The molecule has 124 heavy (non-hydrogen) atoms. The highest BCUT2D eigenvalue weighted by atomic mass is 32.2. The van der Waals surface area contributed by atoms with Crippen LogP contribution in [0.4, 0.5) is 0 Å². The lowest BCUT2D eigenvalue weighted by atomic mass is 9.80. The van der Waals surface area contributed by atoms with Gasteiger partial charge in [0.15, 0.2) is 40.5 Å². The van der Waals surface area contributed by atoms with E-state index in [9.17, 15) is 33.6 Å². The number of carbonyl (C=O) groups is 7. The first-order valence-corrected chi connectivity index (χ1v) is 47.2. The average molecular weight is 1750 g/mol. The van der Waals surface area contributed by atoms with Crippen molar-refractivity contribution in [2.24, 2.45) is 49.7 Å². The Bertz CT molecular complexity index is 3620. The number of carbonyl (C=O) groups excluding carboxylic acids is 7. The SMILES string of the molecule is C.C.CC(C)(C)NC(CC1=CCc2ccccc21)C(=O)C(C)(C)C.CC(C)(C)NC(Cc1ccccc1)C(=O)C(C)(C)C.CC(C)CC(NC(C)(C)C)C(=O)C(C)(C)C.CCC(C)C(NC(C)(C)C)C(=O)C(C)(C)C.CCC(NC(C)(C)C)C(=O)C(C)(C)C.CSCC(NC(C)(C)C)C(=O)C(C)(C)C.Cc1ccc(CC(NC(C)(C)C)C(=O)C(C)(C)C)cc1. The van der Waals surface area contributed by atoms with E-state index in [0.717, 1.165) is 50.7 Å². The van der Waals surface area contributed by atoms with Gasteiger partial charge in [-0.3, -0.25) is 33.6 Å². The van der Waals surface area contributed by atoms with Gasteiger partial charge in [0.05, 0.1) is 42.3 Å². The molecule has 0 saturated carbocycles. The molecule has 0 bridgehead atoms. The van der Waals surface area contributed by atoms with Crippen molar-refractivity contribution >= 4 is 57.8 Å². The zero-order chi connectivity index (χ0) is 96.9. The third-order valence-electron chi connectivity index (χ3n) is 19.4. The number of hydrogen-bond donors (Lipinski definition) is 7. The molecule has 1 aliphatic carbocycles. The molecule has 8 unspecified atom stereocenters. The van der Waals surface area contributed by atoms with Crippen molar-refractivity contribution in [3.63, 3.8) is 0 Å². The first-order chi connectivity index (χ1) is 54.2. The minimum Gasteiger partial charge on any atom is -0.303 e. The fraction of sp³-hybridized carbons (Fsp3) is 0.752. The molecule has 0 amide bonds. The summed E-state index contributed by atoms with van der Waals surface area (Å²) in [6, 6.07) is 26.6. The summed E-state index contributed by atoms with van der Waals surface area (Å²) in [7, 11) is 0. The van der Waals surface area contributed by atoms with Gasteiger partial charge in [0, 0.05) is 82.4 Å². The van der Waals surface area contributed by atoms with Crippen molar-refractivity contribution in [1.82, 2.24) is 37.2 Å². The zero-order valence-electron chi connectivity index (χ0n) is 88.2. The summed E-state index contributed by atoms with van der Waals surface area (Å²) in [5.41, 5.74) is 5.33. The molecule has 0 radical (unpaired) electrons. The number of benzene rings is 3. The van der Waals surface area contributed by atoms with E-state index in [4.69, 9.17) is 0 Å². The van der Waals surface area contributed by atoms with E-state index in [2.05, 4.69) is 284 Å². The first-order valence-electron chi connectivity index (χ1n) is 45.8. The summed E-state index contributed by atoms with van der Waals surface area (Å²) in [5.74, 6) is 3.81. The predicted octanol–water partition coefficient (Wildman–Crippen LogP) is 25.5. The number of thioether (sulfide) groups is 1. The van der Waals surface area contributed by atoms with Crippen LogP contribution < -0.4 is 37.2 Å². The van der Waals surface area contributed by atoms with Crippen LogP contribution in [0.1, 0.15) is 394 Å². The molecule has 0 fully saturated rings. The largest absolute Gasteiger partial charge is 0.303 e. The van der Waals surface area contributed by atoms with E-state index >= 15 is 0 Å². The molecule has 14 nitrogen and oxygen atoms in total. The van der Waals surface area contributed by atoms with Crippen molar-refractivity contribution in [3.05, 3.63) is 113 Å². The molecule has 0 saturated heterocycles. The summed E-state index contributed by atoms with van der Waals surface area (Å²) in [5, 5.41) is 24.1. The number of fused-ring (bicyclic) bond motifs is 1. The van der Waals surface area contributed by atoms with Crippen molar-refractivity contribution in [2.45, 2.75) is 473 Å². The third-order valence-corrected chi connectivity index (χ3v) is 20.1. The number of allylic oxidation sites excluding steroid dienone is 1. The maximum Gasteiger partial charge on any atom is 0.155 e. The van der Waals surface area contributed by atoms with Gasteiger partial charge in [-0.15, -0.1) is 0 Å². The minimum atomic E-state index is -0.332. The third kappa shape index (κ3) is 58.0. The van der Waals surface area contributed by atoms with Gasteiger partial charge in [0.1, 0.15) is 0 Å². The van der Waals surface area contributed by atoms with E-state index < -0.39 is 0 Å². The molecule has 720 valence electrons. The lowest BCUT2D eigenvalue weighted by molar-refractivity contribution is -0.130. The summed E-state index contributed by atoms with van der Waals surface area (Å²) < 4.78 is 0. The molecule has 7 N–H and O–H groups in total. The van der Waals surface area contributed by atoms with Crippen LogP contribution in [0.5, 0.6) is 0 Å². The van der Waals surface area contributed by atoms with Crippen molar-refractivity contribution in [1.29, 1.82) is 0 Å². The summed E-state index contributed by atoms with van der Waals surface area (Å²) in [6.07, 6.45) is 10.3. The van der Waals surface area contributed by atoms with Crippen LogP contribution in [0.2, 0.25) is 0 Å². The van der Waals surface area contributed by atoms with Gasteiger partial charge in [-0.05, 0) is 237 Å². The van der Waals surface area contributed by atoms with Crippen molar-refractivity contribution in [2.75, 3.05) is 12.0 Å². The molecular formula is C109H201N7O7S. The van der Waals surface area contributed by atoms with Gasteiger partial charge in [-0.2, -0.15) is 11.8 Å². The van der Waals surface area contributed by atoms with Gasteiger partial charge in [-0.1, -0.05) is 292 Å². The Morgan fingerprint density at radius 3 is 0.903 bits per heavy atom. The Labute approximate surface area is 771 Å². The van der Waals surface area contributed by atoms with Crippen LogP contribution in [0.15, 0.2) is 84.9 Å². The van der Waals surface area contributed by atoms with Crippen LogP contribution in [-0.4, -0.2) is 134 Å².